The Bertz CT molecular complexity index is 354. The van der Waals surface area contributed by atoms with E-state index in [1.54, 1.807) is 13.8 Å². The summed E-state index contributed by atoms with van der Waals surface area (Å²) in [5, 5.41) is 13.5. The van der Waals surface area contributed by atoms with Gasteiger partial charge in [-0.3, -0.25) is 14.9 Å². The fourth-order valence-electron chi connectivity index (χ4n) is 1.72. The van der Waals surface area contributed by atoms with Gasteiger partial charge in [-0.05, 0) is 32.5 Å². The van der Waals surface area contributed by atoms with Crippen molar-refractivity contribution in [2.45, 2.75) is 33.1 Å². The van der Waals surface area contributed by atoms with Crippen LogP contribution < -0.4 is 10.6 Å². The minimum absolute atomic E-state index is 0.00951. The molecule has 0 spiro atoms. The summed E-state index contributed by atoms with van der Waals surface area (Å²) in [7, 11) is 3.88. The van der Waals surface area contributed by atoms with E-state index in [1.165, 1.54) is 0 Å². The molecule has 0 aromatic rings. The SMILES string of the molecule is CN(C)CCCNC(=O)NC(=O)CC(C)(C)CC(=O)O. The van der Waals surface area contributed by atoms with Crippen molar-refractivity contribution in [3.63, 3.8) is 0 Å². The van der Waals surface area contributed by atoms with Gasteiger partial charge in [0, 0.05) is 13.0 Å². The van der Waals surface area contributed by atoms with Crippen molar-refractivity contribution >= 4 is 17.9 Å². The lowest BCUT2D eigenvalue weighted by Crippen LogP contribution is -2.41. The van der Waals surface area contributed by atoms with Gasteiger partial charge in [-0.2, -0.15) is 0 Å². The van der Waals surface area contributed by atoms with Crippen molar-refractivity contribution in [2.75, 3.05) is 27.2 Å². The summed E-state index contributed by atoms with van der Waals surface area (Å²) in [6.07, 6.45) is 0.661. The first-order valence-electron chi connectivity index (χ1n) is 6.56. The number of imide groups is 1. The van der Waals surface area contributed by atoms with Gasteiger partial charge in [0.25, 0.3) is 0 Å². The lowest BCUT2D eigenvalue weighted by Gasteiger charge is -2.21. The van der Waals surface area contributed by atoms with Crippen molar-refractivity contribution in [3.8, 4) is 0 Å². The number of hydrogen-bond donors (Lipinski definition) is 3. The van der Waals surface area contributed by atoms with Crippen LogP contribution in [0.3, 0.4) is 0 Å². The molecular formula is C13H25N3O4. The van der Waals surface area contributed by atoms with Crippen LogP contribution in [0.25, 0.3) is 0 Å². The van der Waals surface area contributed by atoms with E-state index in [2.05, 4.69) is 10.6 Å². The predicted molar refractivity (Wildman–Crippen MR) is 75.4 cm³/mol. The molecular weight excluding hydrogens is 262 g/mol. The molecule has 7 nitrogen and oxygen atoms in total. The van der Waals surface area contributed by atoms with E-state index in [-0.39, 0.29) is 12.8 Å². The number of nitrogens with zero attached hydrogens (tertiary/aromatic N) is 1. The molecule has 0 radical (unpaired) electrons. The highest BCUT2D eigenvalue weighted by Crippen LogP contribution is 2.24. The molecule has 0 atom stereocenters. The Morgan fingerprint density at radius 1 is 1.15 bits per heavy atom. The molecule has 3 N–H and O–H groups in total. The molecule has 0 rings (SSSR count). The van der Waals surface area contributed by atoms with Crippen molar-refractivity contribution in [2.24, 2.45) is 5.41 Å². The number of amides is 3. The second-order valence-corrected chi connectivity index (χ2v) is 5.87. The van der Waals surface area contributed by atoms with Crippen LogP contribution in [0.1, 0.15) is 33.1 Å². The lowest BCUT2D eigenvalue weighted by molar-refractivity contribution is -0.139. The zero-order chi connectivity index (χ0) is 15.8. The van der Waals surface area contributed by atoms with Crippen LogP contribution in [-0.4, -0.2) is 55.1 Å². The highest BCUT2D eigenvalue weighted by atomic mass is 16.4. The molecule has 0 aliphatic rings. The molecule has 20 heavy (non-hydrogen) atoms. The molecule has 0 bridgehead atoms. The molecule has 0 aromatic carbocycles. The summed E-state index contributed by atoms with van der Waals surface area (Å²) in [5.74, 6) is -1.43. The number of carbonyl (C=O) groups excluding carboxylic acids is 2. The summed E-state index contributed by atoms with van der Waals surface area (Å²) < 4.78 is 0. The van der Waals surface area contributed by atoms with E-state index >= 15 is 0 Å². The number of carboxylic acid groups (broad SMARTS) is 1. The number of urea groups is 1. The lowest BCUT2D eigenvalue weighted by atomic mass is 9.85. The first-order valence-corrected chi connectivity index (χ1v) is 6.56. The quantitative estimate of drug-likeness (QED) is 0.569. The summed E-state index contributed by atoms with van der Waals surface area (Å²) in [6.45, 7) is 4.68. The monoisotopic (exact) mass is 287 g/mol. The molecule has 0 aromatic heterocycles. The smallest absolute Gasteiger partial charge is 0.321 e. The summed E-state index contributed by atoms with van der Waals surface area (Å²) in [4.78, 5) is 35.7. The van der Waals surface area contributed by atoms with Crippen molar-refractivity contribution in [3.05, 3.63) is 0 Å². The zero-order valence-corrected chi connectivity index (χ0v) is 12.7. The average Bonchev–Trinajstić information content (AvgIpc) is 2.20. The maximum atomic E-state index is 11.6. The minimum atomic E-state index is -0.962. The van der Waals surface area contributed by atoms with Gasteiger partial charge < -0.3 is 15.3 Å². The molecule has 0 aliphatic heterocycles. The molecule has 0 saturated carbocycles. The molecule has 3 amide bonds. The molecule has 0 unspecified atom stereocenters. The zero-order valence-electron chi connectivity index (χ0n) is 12.7. The largest absolute Gasteiger partial charge is 0.481 e. The van der Waals surface area contributed by atoms with Gasteiger partial charge >= 0.3 is 12.0 Å². The normalized spacial score (nSPS) is 11.2. The third kappa shape index (κ3) is 10.3. The van der Waals surface area contributed by atoms with E-state index in [9.17, 15) is 14.4 Å². The Morgan fingerprint density at radius 2 is 1.75 bits per heavy atom. The highest BCUT2D eigenvalue weighted by Gasteiger charge is 2.25. The van der Waals surface area contributed by atoms with Gasteiger partial charge in [-0.1, -0.05) is 13.8 Å². The van der Waals surface area contributed by atoms with E-state index in [4.69, 9.17) is 5.11 Å². The minimum Gasteiger partial charge on any atom is -0.481 e. The van der Waals surface area contributed by atoms with Crippen molar-refractivity contribution in [1.82, 2.24) is 15.5 Å². The number of hydrogen-bond acceptors (Lipinski definition) is 4. The third-order valence-electron chi connectivity index (χ3n) is 2.59. The number of carbonyl (C=O) groups is 3. The van der Waals surface area contributed by atoms with Crippen LogP contribution in [0.15, 0.2) is 0 Å². The van der Waals surface area contributed by atoms with Gasteiger partial charge in [0.2, 0.25) is 5.91 Å². The maximum Gasteiger partial charge on any atom is 0.321 e. The van der Waals surface area contributed by atoms with Crippen LogP contribution in [0.2, 0.25) is 0 Å². The average molecular weight is 287 g/mol. The summed E-state index contributed by atoms with van der Waals surface area (Å²) in [6, 6.07) is -0.542. The van der Waals surface area contributed by atoms with E-state index in [1.807, 2.05) is 19.0 Å². The first kappa shape index (κ1) is 18.4. The number of aliphatic carboxylic acids is 1. The Morgan fingerprint density at radius 3 is 2.25 bits per heavy atom. The van der Waals surface area contributed by atoms with Crippen LogP contribution in [0, 0.1) is 5.41 Å². The Balaban J connectivity index is 3.96. The summed E-state index contributed by atoms with van der Waals surface area (Å²) in [5.41, 5.74) is -0.679. The number of carboxylic acids is 1. The van der Waals surface area contributed by atoms with Crippen molar-refractivity contribution in [1.29, 1.82) is 0 Å². The van der Waals surface area contributed by atoms with Gasteiger partial charge in [0.1, 0.15) is 0 Å². The van der Waals surface area contributed by atoms with Gasteiger partial charge in [0.15, 0.2) is 0 Å². The summed E-state index contributed by atoms with van der Waals surface area (Å²) >= 11 is 0. The van der Waals surface area contributed by atoms with Crippen molar-refractivity contribution < 1.29 is 19.5 Å². The Labute approximate surface area is 119 Å². The fraction of sp³-hybridized carbons (Fsp3) is 0.769. The van der Waals surface area contributed by atoms with Gasteiger partial charge in [0.05, 0.1) is 6.42 Å². The standard InChI is InChI=1S/C13H25N3O4/c1-13(2,9-11(18)19)8-10(17)15-12(20)14-6-5-7-16(3)4/h5-9H2,1-4H3,(H,18,19)(H2,14,15,17,20). The molecule has 7 heteroatoms. The Hall–Kier alpha value is -1.63. The first-order chi connectivity index (χ1) is 9.12. The molecule has 0 fully saturated rings. The fourth-order valence-corrected chi connectivity index (χ4v) is 1.72. The Kier molecular flexibility index (Phi) is 7.83. The molecule has 0 heterocycles. The van der Waals surface area contributed by atoms with Gasteiger partial charge in [-0.15, -0.1) is 0 Å². The highest BCUT2D eigenvalue weighted by molar-refractivity contribution is 5.94. The topological polar surface area (TPSA) is 98.7 Å². The van der Waals surface area contributed by atoms with Crippen LogP contribution in [0.5, 0.6) is 0 Å². The van der Waals surface area contributed by atoms with Crippen LogP contribution in [0.4, 0.5) is 4.79 Å². The maximum absolute atomic E-state index is 11.6. The molecule has 116 valence electrons. The molecule has 0 aliphatic carbocycles. The third-order valence-corrected chi connectivity index (χ3v) is 2.59. The van der Waals surface area contributed by atoms with E-state index < -0.39 is 23.3 Å². The second-order valence-electron chi connectivity index (χ2n) is 5.87. The van der Waals surface area contributed by atoms with Gasteiger partial charge in [-0.25, -0.2) is 4.79 Å². The molecule has 0 saturated heterocycles. The van der Waals surface area contributed by atoms with Crippen LogP contribution >= 0.6 is 0 Å². The number of nitrogens with one attached hydrogen (secondary N) is 2. The van der Waals surface area contributed by atoms with E-state index in [0.29, 0.717) is 6.54 Å². The van der Waals surface area contributed by atoms with E-state index in [0.717, 1.165) is 13.0 Å². The van der Waals surface area contributed by atoms with Crippen LogP contribution in [-0.2, 0) is 9.59 Å². The number of rotatable bonds is 8. The predicted octanol–water partition coefficient (Wildman–Crippen LogP) is 0.655. The second kappa shape index (κ2) is 8.52.